The molecular formula is C15H24N4O4. The number of hydrogen-bond acceptors (Lipinski definition) is 6. The Morgan fingerprint density at radius 3 is 1.26 bits per heavy atom. The minimum atomic E-state index is -0.310. The monoisotopic (exact) mass is 324 g/mol. The van der Waals surface area contributed by atoms with Gasteiger partial charge in [-0.2, -0.15) is 0 Å². The number of carbonyl (C=O) groups is 4. The van der Waals surface area contributed by atoms with E-state index < -0.39 is 0 Å². The van der Waals surface area contributed by atoms with Crippen LogP contribution in [0.2, 0.25) is 0 Å². The highest BCUT2D eigenvalue weighted by atomic mass is 16.2. The van der Waals surface area contributed by atoms with E-state index in [1.807, 2.05) is 0 Å². The molecule has 0 atom stereocenters. The Balaban J connectivity index is 0.000000871. The van der Waals surface area contributed by atoms with Crippen LogP contribution in [-0.2, 0) is 19.2 Å². The molecule has 0 bridgehead atoms. The van der Waals surface area contributed by atoms with Gasteiger partial charge in [0.1, 0.15) is 0 Å². The van der Waals surface area contributed by atoms with E-state index in [2.05, 4.69) is 6.92 Å². The highest BCUT2D eigenvalue weighted by molar-refractivity contribution is 6.13. The van der Waals surface area contributed by atoms with Crippen LogP contribution in [0.3, 0.4) is 0 Å². The van der Waals surface area contributed by atoms with Crippen LogP contribution in [0.1, 0.15) is 26.2 Å². The van der Waals surface area contributed by atoms with E-state index in [1.54, 1.807) is 0 Å². The van der Waals surface area contributed by atoms with Crippen LogP contribution in [0.25, 0.3) is 0 Å². The summed E-state index contributed by atoms with van der Waals surface area (Å²) in [6.07, 6.45) is 7.17. The number of carbonyl (C=O) groups excluding carboxylic acids is 4. The molecule has 8 heteroatoms. The van der Waals surface area contributed by atoms with Crippen LogP contribution in [0, 0.1) is 0 Å². The molecular weight excluding hydrogens is 300 g/mol. The third-order valence-electron chi connectivity index (χ3n) is 3.10. The van der Waals surface area contributed by atoms with Gasteiger partial charge in [-0.25, -0.2) is 0 Å². The Labute approximate surface area is 135 Å². The fourth-order valence-corrected chi connectivity index (χ4v) is 1.84. The number of rotatable bonds is 6. The fourth-order valence-electron chi connectivity index (χ4n) is 1.84. The molecule has 0 aromatic carbocycles. The van der Waals surface area contributed by atoms with Crippen molar-refractivity contribution in [2.45, 2.75) is 26.2 Å². The average Bonchev–Trinajstić information content (AvgIpc) is 3.00. The van der Waals surface area contributed by atoms with Gasteiger partial charge < -0.3 is 11.9 Å². The zero-order valence-corrected chi connectivity index (χ0v) is 13.4. The molecule has 2 rings (SSSR count). The molecule has 0 saturated carbocycles. The third kappa shape index (κ3) is 6.13. The maximum atomic E-state index is 11.2. The second-order valence-electron chi connectivity index (χ2n) is 4.82. The predicted molar refractivity (Wildman–Crippen MR) is 85.3 cm³/mol. The summed E-state index contributed by atoms with van der Waals surface area (Å²) < 4.78 is 0. The van der Waals surface area contributed by atoms with Crippen LogP contribution >= 0.6 is 0 Å². The lowest BCUT2D eigenvalue weighted by Crippen LogP contribution is -2.33. The van der Waals surface area contributed by atoms with Crippen molar-refractivity contribution in [2.24, 2.45) is 5.73 Å². The van der Waals surface area contributed by atoms with Crippen LogP contribution in [0.15, 0.2) is 24.3 Å². The lowest BCUT2D eigenvalue weighted by molar-refractivity contribution is -0.139. The molecule has 0 spiro atoms. The lowest BCUT2D eigenvalue weighted by atomic mass is 10.2. The number of nitrogens with two attached hydrogens (primary N) is 1. The SMILES string of the molecule is CCCN.N.O=C1C=CC(=O)N1CCCCN1C(=O)C=CC1=O. The van der Waals surface area contributed by atoms with Crippen molar-refractivity contribution in [2.75, 3.05) is 19.6 Å². The molecule has 0 aromatic rings. The van der Waals surface area contributed by atoms with Gasteiger partial charge in [0.05, 0.1) is 0 Å². The van der Waals surface area contributed by atoms with Crippen molar-refractivity contribution >= 4 is 23.6 Å². The van der Waals surface area contributed by atoms with E-state index in [-0.39, 0.29) is 29.8 Å². The van der Waals surface area contributed by atoms with E-state index in [4.69, 9.17) is 5.73 Å². The maximum Gasteiger partial charge on any atom is 0.253 e. The smallest absolute Gasteiger partial charge is 0.253 e. The van der Waals surface area contributed by atoms with Gasteiger partial charge in [-0.3, -0.25) is 29.0 Å². The Morgan fingerprint density at radius 1 is 0.783 bits per heavy atom. The quantitative estimate of drug-likeness (QED) is 0.526. The predicted octanol–water partition coefficient (Wildman–Crippen LogP) is 0.134. The second kappa shape index (κ2) is 10.4. The van der Waals surface area contributed by atoms with Crippen molar-refractivity contribution in [3.63, 3.8) is 0 Å². The number of nitrogens with zero attached hydrogens (tertiary/aromatic N) is 2. The fraction of sp³-hybridized carbons (Fsp3) is 0.467. The first-order valence-corrected chi connectivity index (χ1v) is 7.28. The molecule has 2 aliphatic heterocycles. The summed E-state index contributed by atoms with van der Waals surface area (Å²) in [7, 11) is 0. The van der Waals surface area contributed by atoms with Gasteiger partial charge in [0.25, 0.3) is 23.6 Å². The highest BCUT2D eigenvalue weighted by Crippen LogP contribution is 2.08. The molecule has 0 aromatic heterocycles. The van der Waals surface area contributed by atoms with E-state index >= 15 is 0 Å². The molecule has 2 heterocycles. The molecule has 5 N–H and O–H groups in total. The van der Waals surface area contributed by atoms with Gasteiger partial charge in [-0.1, -0.05) is 6.92 Å². The molecule has 0 aliphatic carbocycles. The summed E-state index contributed by atoms with van der Waals surface area (Å²) in [6, 6.07) is 0. The van der Waals surface area contributed by atoms with Crippen LogP contribution in [-0.4, -0.2) is 53.1 Å². The molecule has 0 fully saturated rings. The third-order valence-corrected chi connectivity index (χ3v) is 3.10. The number of amides is 4. The second-order valence-corrected chi connectivity index (χ2v) is 4.82. The van der Waals surface area contributed by atoms with Gasteiger partial charge >= 0.3 is 0 Å². The number of unbranched alkanes of at least 4 members (excludes halogenated alkanes) is 1. The van der Waals surface area contributed by atoms with Crippen LogP contribution < -0.4 is 11.9 Å². The zero-order chi connectivity index (χ0) is 16.5. The molecule has 0 radical (unpaired) electrons. The average molecular weight is 324 g/mol. The number of imide groups is 2. The van der Waals surface area contributed by atoms with Gasteiger partial charge in [-0.15, -0.1) is 0 Å². The molecule has 23 heavy (non-hydrogen) atoms. The van der Waals surface area contributed by atoms with Crippen molar-refractivity contribution in [3.8, 4) is 0 Å². The van der Waals surface area contributed by atoms with Crippen molar-refractivity contribution in [1.29, 1.82) is 0 Å². The standard InChI is InChI=1S/C12H12N2O4.C3H9N.H3N/c15-9-3-4-10(16)13(9)7-1-2-8-14-11(17)5-6-12(14)18;1-2-3-4;/h3-6H,1-2,7-8H2;2-4H2,1H3;1H3. The maximum absolute atomic E-state index is 11.2. The summed E-state index contributed by atoms with van der Waals surface area (Å²) in [5.74, 6) is -1.24. The largest absolute Gasteiger partial charge is 0.344 e. The Kier molecular flexibility index (Phi) is 9.36. The molecule has 0 saturated heterocycles. The van der Waals surface area contributed by atoms with Gasteiger partial charge in [0.15, 0.2) is 0 Å². The summed E-state index contributed by atoms with van der Waals surface area (Å²) in [6.45, 7) is 3.50. The first kappa shape index (κ1) is 20.7. The van der Waals surface area contributed by atoms with E-state index in [0.29, 0.717) is 25.9 Å². The van der Waals surface area contributed by atoms with Crippen LogP contribution in [0.4, 0.5) is 0 Å². The molecule has 0 unspecified atom stereocenters. The topological polar surface area (TPSA) is 136 Å². The summed E-state index contributed by atoms with van der Waals surface area (Å²) in [5, 5.41) is 0. The summed E-state index contributed by atoms with van der Waals surface area (Å²) in [4.78, 5) is 47.2. The Morgan fingerprint density at radius 2 is 1.04 bits per heavy atom. The Bertz CT molecular complexity index is 432. The molecule has 2 aliphatic rings. The van der Waals surface area contributed by atoms with Gasteiger partial charge in [-0.05, 0) is 25.8 Å². The van der Waals surface area contributed by atoms with Crippen LogP contribution in [0.5, 0.6) is 0 Å². The minimum absolute atomic E-state index is 0. The Hall–Kier alpha value is -2.32. The lowest BCUT2D eigenvalue weighted by Gasteiger charge is -2.16. The first-order chi connectivity index (χ1) is 10.5. The summed E-state index contributed by atoms with van der Waals surface area (Å²) >= 11 is 0. The van der Waals surface area contributed by atoms with E-state index in [0.717, 1.165) is 22.8 Å². The minimum Gasteiger partial charge on any atom is -0.344 e. The highest BCUT2D eigenvalue weighted by Gasteiger charge is 2.24. The zero-order valence-electron chi connectivity index (χ0n) is 13.4. The number of hydrogen-bond donors (Lipinski definition) is 2. The van der Waals surface area contributed by atoms with Gasteiger partial charge in [0.2, 0.25) is 0 Å². The normalized spacial score (nSPS) is 15.9. The van der Waals surface area contributed by atoms with Crippen molar-refractivity contribution < 1.29 is 19.2 Å². The summed E-state index contributed by atoms with van der Waals surface area (Å²) in [5.41, 5.74) is 5.03. The first-order valence-electron chi connectivity index (χ1n) is 7.28. The van der Waals surface area contributed by atoms with Crippen molar-refractivity contribution in [1.82, 2.24) is 16.0 Å². The van der Waals surface area contributed by atoms with Crippen molar-refractivity contribution in [3.05, 3.63) is 24.3 Å². The van der Waals surface area contributed by atoms with E-state index in [1.165, 1.54) is 24.3 Å². The van der Waals surface area contributed by atoms with E-state index in [9.17, 15) is 19.2 Å². The molecule has 4 amide bonds. The molecule has 8 nitrogen and oxygen atoms in total. The van der Waals surface area contributed by atoms with Gasteiger partial charge in [0, 0.05) is 37.4 Å². The molecule has 128 valence electrons.